The van der Waals surface area contributed by atoms with E-state index >= 15 is 0 Å². The topological polar surface area (TPSA) is 97.9 Å². The van der Waals surface area contributed by atoms with Crippen LogP contribution in [0.3, 0.4) is 0 Å². The molecule has 1 atom stereocenters. The summed E-state index contributed by atoms with van der Waals surface area (Å²) in [4.78, 5) is 26.4. The van der Waals surface area contributed by atoms with Gasteiger partial charge in [-0.15, -0.1) is 5.10 Å². The Kier molecular flexibility index (Phi) is 5.72. The van der Waals surface area contributed by atoms with Crippen LogP contribution in [0.2, 0.25) is 0 Å². The molecule has 1 N–H and O–H groups in total. The van der Waals surface area contributed by atoms with Gasteiger partial charge in [0.15, 0.2) is 5.69 Å². The molecule has 1 aliphatic heterocycles. The van der Waals surface area contributed by atoms with Gasteiger partial charge in [0.05, 0.1) is 36.6 Å². The molecule has 1 aliphatic rings. The lowest BCUT2D eigenvalue weighted by atomic mass is 10.1. The lowest BCUT2D eigenvalue weighted by Gasteiger charge is -2.23. The van der Waals surface area contributed by atoms with Crippen LogP contribution in [0, 0.1) is 6.92 Å². The molecule has 3 heterocycles. The van der Waals surface area contributed by atoms with Gasteiger partial charge in [0, 0.05) is 26.2 Å². The summed E-state index contributed by atoms with van der Waals surface area (Å²) < 4.78 is 31.2. The van der Waals surface area contributed by atoms with Crippen LogP contribution in [0.1, 0.15) is 38.5 Å². The van der Waals surface area contributed by atoms with E-state index in [9.17, 15) is 18.4 Å². The third-order valence-electron chi connectivity index (χ3n) is 5.35. The molecule has 2 amide bonds. The summed E-state index contributed by atoms with van der Waals surface area (Å²) in [5.41, 5.74) is 1.77. The minimum absolute atomic E-state index is 0.000392. The molecule has 1 fully saturated rings. The number of nitrogens with one attached hydrogen (secondary N) is 1. The summed E-state index contributed by atoms with van der Waals surface area (Å²) >= 11 is 0. The van der Waals surface area contributed by atoms with Crippen LogP contribution in [0.15, 0.2) is 42.7 Å². The molecule has 3 aromatic rings. The molecule has 32 heavy (non-hydrogen) atoms. The number of aromatic nitrogens is 5. The van der Waals surface area contributed by atoms with E-state index in [-0.39, 0.29) is 17.8 Å². The average Bonchev–Trinajstić information content (AvgIpc) is 3.43. The molecule has 9 nitrogen and oxygen atoms in total. The molecule has 0 spiro atoms. The number of alkyl halides is 2. The van der Waals surface area contributed by atoms with Crippen molar-refractivity contribution in [3.05, 3.63) is 65.2 Å². The number of carbonyl (C=O) groups is 2. The highest BCUT2D eigenvalue weighted by Gasteiger charge is 2.47. The number of aryl methyl sites for hydroxylation is 2. The van der Waals surface area contributed by atoms with Gasteiger partial charge in [-0.25, -0.2) is 13.5 Å². The fraction of sp³-hybridized carbons (Fsp3) is 0.381. The van der Waals surface area contributed by atoms with Crippen molar-refractivity contribution in [2.75, 3.05) is 6.54 Å². The highest BCUT2D eigenvalue weighted by atomic mass is 19.3. The first kappa shape index (κ1) is 21.6. The second kappa shape index (κ2) is 8.48. The van der Waals surface area contributed by atoms with Crippen molar-refractivity contribution in [3.63, 3.8) is 0 Å². The molecule has 0 radical (unpaired) electrons. The Hall–Kier alpha value is -3.63. The summed E-state index contributed by atoms with van der Waals surface area (Å²) in [5, 5.41) is 14.6. The quantitative estimate of drug-likeness (QED) is 0.627. The zero-order chi connectivity index (χ0) is 22.9. The normalized spacial score (nSPS) is 17.5. The van der Waals surface area contributed by atoms with Crippen LogP contribution in [-0.2, 0) is 20.1 Å². The minimum atomic E-state index is -3.01. The van der Waals surface area contributed by atoms with Crippen molar-refractivity contribution in [3.8, 4) is 0 Å². The molecule has 1 saturated heterocycles. The fourth-order valence-corrected chi connectivity index (χ4v) is 3.84. The van der Waals surface area contributed by atoms with Gasteiger partial charge in [-0.3, -0.25) is 14.3 Å². The van der Waals surface area contributed by atoms with E-state index in [1.165, 1.54) is 21.8 Å². The number of hydrogen-bond acceptors (Lipinski definition) is 5. The van der Waals surface area contributed by atoms with Gasteiger partial charge in [0.2, 0.25) is 0 Å². The first-order chi connectivity index (χ1) is 15.2. The van der Waals surface area contributed by atoms with E-state index in [0.717, 1.165) is 10.5 Å². The summed E-state index contributed by atoms with van der Waals surface area (Å²) in [5.74, 6) is -3.93. The Balaban J connectivity index is 1.44. The molecule has 1 unspecified atom stereocenters. The molecule has 0 aliphatic carbocycles. The van der Waals surface area contributed by atoms with Crippen molar-refractivity contribution >= 4 is 11.8 Å². The van der Waals surface area contributed by atoms with Gasteiger partial charge in [0.1, 0.15) is 0 Å². The number of likely N-dealkylation sites (tertiary alicyclic amines) is 1. The number of halogens is 2. The smallest absolute Gasteiger partial charge is 0.273 e. The van der Waals surface area contributed by atoms with Crippen LogP contribution in [-0.4, -0.2) is 60.0 Å². The van der Waals surface area contributed by atoms with E-state index < -0.39 is 36.7 Å². The molecular formula is C21H23F2N7O2. The Bertz CT molecular complexity index is 1130. The third-order valence-corrected chi connectivity index (χ3v) is 5.35. The predicted octanol–water partition coefficient (Wildman–Crippen LogP) is 1.80. The van der Waals surface area contributed by atoms with Crippen molar-refractivity contribution in [2.24, 2.45) is 7.05 Å². The molecule has 4 rings (SSSR count). The summed E-state index contributed by atoms with van der Waals surface area (Å²) in [6.07, 6.45) is 2.43. The van der Waals surface area contributed by atoms with E-state index in [1.54, 1.807) is 14.0 Å². The van der Waals surface area contributed by atoms with Gasteiger partial charge in [-0.2, -0.15) is 5.10 Å². The SMILES string of the molecule is Cc1nn(C)cc1C(=O)N1CC(F)(F)CC1Cn1cc(C(=O)NCc2ccccc2)nn1. The zero-order valence-corrected chi connectivity index (χ0v) is 17.7. The lowest BCUT2D eigenvalue weighted by Crippen LogP contribution is -2.39. The van der Waals surface area contributed by atoms with Crippen molar-refractivity contribution < 1.29 is 18.4 Å². The van der Waals surface area contributed by atoms with Crippen LogP contribution in [0.5, 0.6) is 0 Å². The largest absolute Gasteiger partial charge is 0.347 e. The Labute approximate surface area is 183 Å². The summed E-state index contributed by atoms with van der Waals surface area (Å²) in [6.45, 7) is 1.31. The highest BCUT2D eigenvalue weighted by Crippen LogP contribution is 2.34. The van der Waals surface area contributed by atoms with Crippen molar-refractivity contribution in [1.82, 2.24) is 35.0 Å². The van der Waals surface area contributed by atoms with E-state index in [4.69, 9.17) is 0 Å². The van der Waals surface area contributed by atoms with Crippen LogP contribution >= 0.6 is 0 Å². The maximum absolute atomic E-state index is 14.2. The molecular weight excluding hydrogens is 420 g/mol. The van der Waals surface area contributed by atoms with Gasteiger partial charge >= 0.3 is 0 Å². The zero-order valence-electron chi connectivity index (χ0n) is 17.7. The van der Waals surface area contributed by atoms with Gasteiger partial charge in [-0.1, -0.05) is 35.5 Å². The summed E-state index contributed by atoms with van der Waals surface area (Å²) in [6, 6.07) is 8.59. The van der Waals surface area contributed by atoms with Crippen molar-refractivity contribution in [2.45, 2.75) is 38.4 Å². The first-order valence-electron chi connectivity index (χ1n) is 10.1. The van der Waals surface area contributed by atoms with Gasteiger partial charge in [-0.05, 0) is 12.5 Å². The molecule has 0 saturated carbocycles. The molecule has 1 aromatic carbocycles. The second-order valence-corrected chi connectivity index (χ2v) is 7.94. The predicted molar refractivity (Wildman–Crippen MR) is 110 cm³/mol. The number of amides is 2. The molecule has 11 heteroatoms. The summed E-state index contributed by atoms with van der Waals surface area (Å²) in [7, 11) is 1.67. The molecule has 2 aromatic heterocycles. The maximum atomic E-state index is 14.2. The molecule has 0 bridgehead atoms. The minimum Gasteiger partial charge on any atom is -0.347 e. The number of benzene rings is 1. The lowest BCUT2D eigenvalue weighted by molar-refractivity contribution is 0.0117. The molecule has 168 valence electrons. The maximum Gasteiger partial charge on any atom is 0.273 e. The van der Waals surface area contributed by atoms with E-state index in [0.29, 0.717) is 12.2 Å². The van der Waals surface area contributed by atoms with Crippen LogP contribution in [0.25, 0.3) is 0 Å². The number of hydrogen-bond donors (Lipinski definition) is 1. The average molecular weight is 443 g/mol. The Morgan fingerprint density at radius 1 is 1.22 bits per heavy atom. The fourth-order valence-electron chi connectivity index (χ4n) is 3.84. The van der Waals surface area contributed by atoms with Gasteiger partial charge in [0.25, 0.3) is 17.7 Å². The van der Waals surface area contributed by atoms with E-state index in [1.807, 2.05) is 30.3 Å². The highest BCUT2D eigenvalue weighted by molar-refractivity contribution is 5.95. The number of rotatable bonds is 6. The standard InChI is InChI=1S/C21H23F2N7O2/c1-14-17(11-28(2)26-14)20(32)30-13-21(22,23)8-16(30)10-29-12-18(25-27-29)19(31)24-9-15-6-4-3-5-7-15/h3-7,11-12,16H,8-10,13H2,1-2H3,(H,24,31). The second-order valence-electron chi connectivity index (χ2n) is 7.94. The number of nitrogens with zero attached hydrogens (tertiary/aromatic N) is 6. The van der Waals surface area contributed by atoms with Crippen LogP contribution < -0.4 is 5.32 Å². The number of carbonyl (C=O) groups excluding carboxylic acids is 2. The first-order valence-corrected chi connectivity index (χ1v) is 10.1. The third kappa shape index (κ3) is 4.66. The van der Waals surface area contributed by atoms with Gasteiger partial charge < -0.3 is 10.2 Å². The van der Waals surface area contributed by atoms with E-state index in [2.05, 4.69) is 20.7 Å². The Morgan fingerprint density at radius 2 is 1.97 bits per heavy atom. The monoisotopic (exact) mass is 443 g/mol. The van der Waals surface area contributed by atoms with Crippen LogP contribution in [0.4, 0.5) is 8.78 Å². The van der Waals surface area contributed by atoms with Crippen molar-refractivity contribution in [1.29, 1.82) is 0 Å². The Morgan fingerprint density at radius 3 is 2.66 bits per heavy atom.